The maximum atomic E-state index is 13.9. The van der Waals surface area contributed by atoms with Crippen LogP contribution < -0.4 is 10.1 Å². The molecule has 19 heavy (non-hydrogen) atoms. The lowest BCUT2D eigenvalue weighted by atomic mass is 10.1. The molecule has 0 unspecified atom stereocenters. The Morgan fingerprint density at radius 1 is 1.11 bits per heavy atom. The van der Waals surface area contributed by atoms with Gasteiger partial charge < -0.3 is 10.1 Å². The quantitative estimate of drug-likeness (QED) is 0.897. The fourth-order valence-corrected chi connectivity index (χ4v) is 1.89. The van der Waals surface area contributed by atoms with Gasteiger partial charge in [-0.05, 0) is 55.8 Å². The third-order valence-corrected chi connectivity index (χ3v) is 3.15. The summed E-state index contributed by atoms with van der Waals surface area (Å²) in [6, 6.07) is 10.8. The lowest BCUT2D eigenvalue weighted by Crippen LogP contribution is -2.05. The summed E-state index contributed by atoms with van der Waals surface area (Å²) < 4.78 is 19.6. The summed E-state index contributed by atoms with van der Waals surface area (Å²) in [4.78, 5) is 0. The predicted molar refractivity (Wildman–Crippen MR) is 75.2 cm³/mol. The second kappa shape index (κ2) is 5.85. The van der Waals surface area contributed by atoms with Gasteiger partial charge in [0.05, 0.1) is 0 Å². The molecule has 0 atom stereocenters. The van der Waals surface area contributed by atoms with Crippen molar-refractivity contribution in [2.75, 3.05) is 7.05 Å². The minimum atomic E-state index is -0.339. The monoisotopic (exact) mass is 259 g/mol. The van der Waals surface area contributed by atoms with Crippen LogP contribution in [0, 0.1) is 19.7 Å². The van der Waals surface area contributed by atoms with Gasteiger partial charge >= 0.3 is 0 Å². The van der Waals surface area contributed by atoms with Crippen LogP contribution in [0.4, 0.5) is 4.39 Å². The lowest BCUT2D eigenvalue weighted by molar-refractivity contribution is 0.438. The van der Waals surface area contributed by atoms with E-state index in [0.29, 0.717) is 12.3 Å². The number of benzene rings is 2. The van der Waals surface area contributed by atoms with E-state index < -0.39 is 0 Å². The summed E-state index contributed by atoms with van der Waals surface area (Å²) >= 11 is 0. The van der Waals surface area contributed by atoms with Gasteiger partial charge in [-0.2, -0.15) is 0 Å². The van der Waals surface area contributed by atoms with E-state index in [1.165, 1.54) is 6.07 Å². The second-order valence-corrected chi connectivity index (χ2v) is 4.60. The Kier molecular flexibility index (Phi) is 4.17. The Morgan fingerprint density at radius 2 is 1.89 bits per heavy atom. The summed E-state index contributed by atoms with van der Waals surface area (Å²) in [5.41, 5.74) is 3.05. The van der Waals surface area contributed by atoms with Crippen LogP contribution in [0.1, 0.15) is 16.7 Å². The number of hydrogen-bond acceptors (Lipinski definition) is 2. The van der Waals surface area contributed by atoms with E-state index in [-0.39, 0.29) is 11.6 Å². The lowest BCUT2D eigenvalue weighted by Gasteiger charge is -2.11. The van der Waals surface area contributed by atoms with Crippen LogP contribution in [0.15, 0.2) is 36.4 Å². The van der Waals surface area contributed by atoms with Gasteiger partial charge in [0.15, 0.2) is 11.6 Å². The van der Waals surface area contributed by atoms with Gasteiger partial charge in [-0.15, -0.1) is 0 Å². The highest BCUT2D eigenvalue weighted by atomic mass is 19.1. The standard InChI is InChI=1S/C16H18FNO/c1-11-5-4-6-15(12(11)2)19-16-8-7-13(10-18-3)9-14(16)17/h4-9,18H,10H2,1-3H3. The van der Waals surface area contributed by atoms with Gasteiger partial charge in [0.2, 0.25) is 0 Å². The minimum Gasteiger partial charge on any atom is -0.454 e. The summed E-state index contributed by atoms with van der Waals surface area (Å²) in [7, 11) is 1.83. The maximum Gasteiger partial charge on any atom is 0.166 e. The Morgan fingerprint density at radius 3 is 2.58 bits per heavy atom. The van der Waals surface area contributed by atoms with E-state index in [2.05, 4.69) is 5.32 Å². The third-order valence-electron chi connectivity index (χ3n) is 3.15. The number of halogens is 1. The van der Waals surface area contributed by atoms with Crippen LogP contribution in [0.3, 0.4) is 0 Å². The summed E-state index contributed by atoms with van der Waals surface area (Å²) in [6.07, 6.45) is 0. The first-order valence-electron chi connectivity index (χ1n) is 6.29. The molecule has 0 heterocycles. The summed E-state index contributed by atoms with van der Waals surface area (Å²) in [5, 5.41) is 2.99. The molecule has 0 saturated heterocycles. The summed E-state index contributed by atoms with van der Waals surface area (Å²) in [6.45, 7) is 4.62. The third kappa shape index (κ3) is 3.12. The first kappa shape index (κ1) is 13.6. The van der Waals surface area contributed by atoms with E-state index in [4.69, 9.17) is 4.74 Å². The molecule has 2 nitrogen and oxygen atoms in total. The van der Waals surface area contributed by atoms with E-state index in [1.807, 2.05) is 45.2 Å². The fourth-order valence-electron chi connectivity index (χ4n) is 1.89. The van der Waals surface area contributed by atoms with Crippen molar-refractivity contribution in [2.24, 2.45) is 0 Å². The van der Waals surface area contributed by atoms with E-state index in [0.717, 1.165) is 16.7 Å². The van der Waals surface area contributed by atoms with Crippen molar-refractivity contribution in [2.45, 2.75) is 20.4 Å². The molecular weight excluding hydrogens is 241 g/mol. The van der Waals surface area contributed by atoms with Crippen LogP contribution in [0.2, 0.25) is 0 Å². The van der Waals surface area contributed by atoms with E-state index >= 15 is 0 Å². The van der Waals surface area contributed by atoms with Crippen molar-refractivity contribution in [1.82, 2.24) is 5.32 Å². The van der Waals surface area contributed by atoms with Gasteiger partial charge in [0.1, 0.15) is 5.75 Å². The molecule has 2 rings (SSSR count). The van der Waals surface area contributed by atoms with Gasteiger partial charge in [0, 0.05) is 6.54 Å². The Bertz CT molecular complexity index is 581. The zero-order valence-corrected chi connectivity index (χ0v) is 11.5. The molecule has 0 bridgehead atoms. The van der Waals surface area contributed by atoms with Crippen molar-refractivity contribution in [3.8, 4) is 11.5 Å². The minimum absolute atomic E-state index is 0.258. The molecule has 0 fully saturated rings. The average Bonchev–Trinajstić information content (AvgIpc) is 2.38. The topological polar surface area (TPSA) is 21.3 Å². The molecule has 0 aliphatic rings. The Balaban J connectivity index is 2.26. The molecule has 0 aromatic heterocycles. The highest BCUT2D eigenvalue weighted by molar-refractivity contribution is 5.42. The maximum absolute atomic E-state index is 13.9. The molecular formula is C16H18FNO. The molecule has 3 heteroatoms. The Hall–Kier alpha value is -1.87. The number of nitrogens with one attached hydrogen (secondary N) is 1. The van der Waals surface area contributed by atoms with Crippen molar-refractivity contribution < 1.29 is 9.13 Å². The van der Waals surface area contributed by atoms with Gasteiger partial charge in [-0.25, -0.2) is 4.39 Å². The Labute approximate surface area is 113 Å². The molecule has 2 aromatic carbocycles. The van der Waals surface area contributed by atoms with Gasteiger partial charge in [-0.1, -0.05) is 18.2 Å². The molecule has 0 radical (unpaired) electrons. The number of aryl methyl sites for hydroxylation is 1. The van der Waals surface area contributed by atoms with Crippen LogP contribution in [0.25, 0.3) is 0 Å². The van der Waals surface area contributed by atoms with Crippen LogP contribution in [-0.4, -0.2) is 7.05 Å². The first-order chi connectivity index (χ1) is 9.11. The highest BCUT2D eigenvalue weighted by Crippen LogP contribution is 2.29. The van der Waals surface area contributed by atoms with Crippen molar-refractivity contribution in [3.63, 3.8) is 0 Å². The zero-order valence-electron chi connectivity index (χ0n) is 11.5. The summed E-state index contributed by atoms with van der Waals surface area (Å²) in [5.74, 6) is 0.613. The predicted octanol–water partition coefficient (Wildman–Crippen LogP) is 3.95. The first-order valence-corrected chi connectivity index (χ1v) is 6.29. The van der Waals surface area contributed by atoms with Gasteiger partial charge in [0.25, 0.3) is 0 Å². The van der Waals surface area contributed by atoms with Gasteiger partial charge in [-0.3, -0.25) is 0 Å². The number of rotatable bonds is 4. The SMILES string of the molecule is CNCc1ccc(Oc2cccc(C)c2C)c(F)c1. The van der Waals surface area contributed by atoms with Crippen LogP contribution in [0.5, 0.6) is 11.5 Å². The smallest absolute Gasteiger partial charge is 0.166 e. The number of hydrogen-bond donors (Lipinski definition) is 1. The molecule has 0 aliphatic heterocycles. The zero-order chi connectivity index (χ0) is 13.8. The average molecular weight is 259 g/mol. The van der Waals surface area contributed by atoms with Crippen LogP contribution in [-0.2, 0) is 6.54 Å². The van der Waals surface area contributed by atoms with Crippen molar-refractivity contribution >= 4 is 0 Å². The second-order valence-electron chi connectivity index (χ2n) is 4.60. The fraction of sp³-hybridized carbons (Fsp3) is 0.250. The molecule has 0 spiro atoms. The molecule has 0 saturated carbocycles. The molecule has 100 valence electrons. The molecule has 2 aromatic rings. The van der Waals surface area contributed by atoms with E-state index in [9.17, 15) is 4.39 Å². The molecule has 0 amide bonds. The van der Waals surface area contributed by atoms with Crippen molar-refractivity contribution in [3.05, 3.63) is 58.9 Å². The largest absolute Gasteiger partial charge is 0.454 e. The van der Waals surface area contributed by atoms with Crippen LogP contribution >= 0.6 is 0 Å². The molecule has 0 aliphatic carbocycles. The van der Waals surface area contributed by atoms with Crippen molar-refractivity contribution in [1.29, 1.82) is 0 Å². The normalized spacial score (nSPS) is 10.5. The van der Waals surface area contributed by atoms with E-state index in [1.54, 1.807) is 6.07 Å². The molecule has 1 N–H and O–H groups in total. The number of ether oxygens (including phenoxy) is 1. The highest BCUT2D eigenvalue weighted by Gasteiger charge is 2.08.